The molecule has 0 aliphatic rings. The molecule has 0 atom stereocenters. The second-order valence-corrected chi connectivity index (χ2v) is 8.59. The molecule has 0 bridgehead atoms. The second kappa shape index (κ2) is 8.90. The summed E-state index contributed by atoms with van der Waals surface area (Å²) in [5, 5.41) is 4.20. The molecule has 30 heavy (non-hydrogen) atoms. The zero-order valence-corrected chi connectivity index (χ0v) is 18.3. The van der Waals surface area contributed by atoms with E-state index in [1.54, 1.807) is 24.3 Å². The fraction of sp³-hybridized carbons (Fsp3) is 0.263. The maximum Gasteiger partial charge on any atom is 0.247 e. The maximum absolute atomic E-state index is 13.0. The lowest BCUT2D eigenvalue weighted by Crippen LogP contribution is -2.27. The summed E-state index contributed by atoms with van der Waals surface area (Å²) in [5.41, 5.74) is 0.629. The third-order valence-electron chi connectivity index (χ3n) is 4.28. The molecule has 0 fully saturated rings. The lowest BCUT2D eigenvalue weighted by Gasteiger charge is -2.17. The molecule has 11 heteroatoms. The minimum Gasteiger partial charge on any atom is -0.495 e. The van der Waals surface area contributed by atoms with Gasteiger partial charge in [-0.25, -0.2) is 8.42 Å². The average molecular weight is 454 g/mol. The summed E-state index contributed by atoms with van der Waals surface area (Å²) in [4.78, 5) is 4.23. The summed E-state index contributed by atoms with van der Waals surface area (Å²) >= 11 is 5.96. The predicted molar refractivity (Wildman–Crippen MR) is 109 cm³/mol. The summed E-state index contributed by atoms with van der Waals surface area (Å²) in [6.07, 6.45) is 0. The van der Waals surface area contributed by atoms with Gasteiger partial charge in [0.1, 0.15) is 10.6 Å². The van der Waals surface area contributed by atoms with E-state index in [2.05, 4.69) is 10.1 Å². The van der Waals surface area contributed by atoms with Crippen LogP contribution >= 0.6 is 11.6 Å². The molecule has 1 aromatic heterocycles. The highest BCUT2D eigenvalue weighted by Gasteiger charge is 2.27. The van der Waals surface area contributed by atoms with Crippen molar-refractivity contribution in [1.82, 2.24) is 14.4 Å². The minimum atomic E-state index is -3.92. The maximum atomic E-state index is 13.0. The fourth-order valence-corrected chi connectivity index (χ4v) is 4.24. The number of sulfonamides is 1. The zero-order chi connectivity index (χ0) is 21.9. The molecule has 0 saturated heterocycles. The van der Waals surface area contributed by atoms with E-state index in [0.29, 0.717) is 17.1 Å². The van der Waals surface area contributed by atoms with Crippen LogP contribution in [0, 0.1) is 0 Å². The standard InChI is InChI=1S/C19H20ClN3O6S/c1-23(30(24,25)17-10-13(20)6-8-15(17)27-3)11-18-21-19(22-29-18)12-5-7-14(26-2)16(9-12)28-4/h5-10H,11H2,1-4H3. The second-order valence-electron chi connectivity index (χ2n) is 6.14. The third kappa shape index (κ3) is 4.35. The Balaban J connectivity index is 1.85. The monoisotopic (exact) mass is 453 g/mol. The molecule has 2 aromatic carbocycles. The van der Waals surface area contributed by atoms with Gasteiger partial charge in [-0.2, -0.15) is 9.29 Å². The molecule has 0 aliphatic carbocycles. The van der Waals surface area contributed by atoms with E-state index in [1.165, 1.54) is 40.5 Å². The Morgan fingerprint density at radius 3 is 2.33 bits per heavy atom. The summed E-state index contributed by atoms with van der Waals surface area (Å²) < 4.78 is 47.9. The number of ether oxygens (including phenoxy) is 3. The molecule has 0 saturated carbocycles. The highest BCUT2D eigenvalue weighted by molar-refractivity contribution is 7.89. The molecule has 0 amide bonds. The van der Waals surface area contributed by atoms with Crippen molar-refractivity contribution in [2.75, 3.05) is 28.4 Å². The lowest BCUT2D eigenvalue weighted by molar-refractivity contribution is 0.335. The van der Waals surface area contributed by atoms with Gasteiger partial charge in [0.15, 0.2) is 11.5 Å². The smallest absolute Gasteiger partial charge is 0.247 e. The molecular formula is C19H20ClN3O6S. The SMILES string of the molecule is COc1ccc(-c2noc(CN(C)S(=O)(=O)c3cc(Cl)ccc3OC)n2)cc1OC. The Hall–Kier alpha value is -2.82. The number of aromatic nitrogens is 2. The lowest BCUT2D eigenvalue weighted by atomic mass is 10.2. The largest absolute Gasteiger partial charge is 0.495 e. The summed E-state index contributed by atoms with van der Waals surface area (Å²) in [5.74, 6) is 1.66. The van der Waals surface area contributed by atoms with Crippen molar-refractivity contribution < 1.29 is 27.2 Å². The van der Waals surface area contributed by atoms with Crippen LogP contribution in [0.15, 0.2) is 45.8 Å². The van der Waals surface area contributed by atoms with Gasteiger partial charge in [0.05, 0.1) is 27.9 Å². The topological polar surface area (TPSA) is 104 Å². The molecule has 9 nitrogen and oxygen atoms in total. The Bertz CT molecular complexity index is 1150. The Kier molecular flexibility index (Phi) is 6.49. The van der Waals surface area contributed by atoms with Crippen molar-refractivity contribution in [3.05, 3.63) is 47.3 Å². The van der Waals surface area contributed by atoms with Crippen LogP contribution in [0.1, 0.15) is 5.89 Å². The first-order valence-electron chi connectivity index (χ1n) is 8.65. The van der Waals surface area contributed by atoms with Gasteiger partial charge in [0, 0.05) is 17.6 Å². The summed E-state index contributed by atoms with van der Waals surface area (Å²) in [7, 11) is 1.92. The van der Waals surface area contributed by atoms with E-state index < -0.39 is 10.0 Å². The molecule has 0 unspecified atom stereocenters. The molecule has 1 heterocycles. The van der Waals surface area contributed by atoms with Crippen LogP contribution in [0.2, 0.25) is 5.02 Å². The van der Waals surface area contributed by atoms with E-state index in [0.717, 1.165) is 4.31 Å². The number of rotatable bonds is 8. The van der Waals surface area contributed by atoms with Crippen LogP contribution in [0.25, 0.3) is 11.4 Å². The highest BCUT2D eigenvalue weighted by atomic mass is 35.5. The van der Waals surface area contributed by atoms with Crippen LogP contribution in [0.4, 0.5) is 0 Å². The average Bonchev–Trinajstić information content (AvgIpc) is 3.21. The van der Waals surface area contributed by atoms with Crippen molar-refractivity contribution in [3.8, 4) is 28.6 Å². The van der Waals surface area contributed by atoms with Gasteiger partial charge in [-0.3, -0.25) is 0 Å². The van der Waals surface area contributed by atoms with Crippen LogP contribution in [-0.4, -0.2) is 51.2 Å². The quantitative estimate of drug-likeness (QED) is 0.512. The van der Waals surface area contributed by atoms with Crippen molar-refractivity contribution in [2.24, 2.45) is 0 Å². The molecule has 0 N–H and O–H groups in total. The van der Waals surface area contributed by atoms with E-state index in [1.807, 2.05) is 0 Å². The highest BCUT2D eigenvalue weighted by Crippen LogP contribution is 2.32. The van der Waals surface area contributed by atoms with Gasteiger partial charge in [0.25, 0.3) is 0 Å². The first-order chi connectivity index (χ1) is 14.3. The van der Waals surface area contributed by atoms with Crippen molar-refractivity contribution in [1.29, 1.82) is 0 Å². The number of methoxy groups -OCH3 is 3. The van der Waals surface area contributed by atoms with E-state index in [9.17, 15) is 8.42 Å². The van der Waals surface area contributed by atoms with Crippen LogP contribution in [-0.2, 0) is 16.6 Å². The van der Waals surface area contributed by atoms with Gasteiger partial charge in [-0.15, -0.1) is 0 Å². The molecule has 0 spiro atoms. The number of hydrogen-bond acceptors (Lipinski definition) is 8. The summed E-state index contributed by atoms with van der Waals surface area (Å²) in [6.45, 7) is -0.141. The Labute approximate surface area is 179 Å². The predicted octanol–water partition coefficient (Wildman–Crippen LogP) is 3.24. The molecular weight excluding hydrogens is 434 g/mol. The minimum absolute atomic E-state index is 0.0559. The third-order valence-corrected chi connectivity index (χ3v) is 6.34. The normalized spacial score (nSPS) is 11.5. The van der Waals surface area contributed by atoms with Gasteiger partial charge < -0.3 is 18.7 Å². The zero-order valence-electron chi connectivity index (χ0n) is 16.7. The first kappa shape index (κ1) is 21.9. The van der Waals surface area contributed by atoms with E-state index in [4.69, 9.17) is 30.3 Å². The molecule has 160 valence electrons. The number of nitrogens with zero attached hydrogens (tertiary/aromatic N) is 3. The molecule has 0 radical (unpaired) electrons. The molecule has 3 rings (SSSR count). The van der Waals surface area contributed by atoms with Crippen LogP contribution in [0.3, 0.4) is 0 Å². The van der Waals surface area contributed by atoms with Crippen LogP contribution in [0.5, 0.6) is 17.2 Å². The number of halogens is 1. The van der Waals surface area contributed by atoms with Gasteiger partial charge in [-0.1, -0.05) is 16.8 Å². The van der Waals surface area contributed by atoms with Gasteiger partial charge >= 0.3 is 0 Å². The molecule has 0 aliphatic heterocycles. The number of hydrogen-bond donors (Lipinski definition) is 0. The Morgan fingerprint density at radius 2 is 1.67 bits per heavy atom. The van der Waals surface area contributed by atoms with Gasteiger partial charge in [0.2, 0.25) is 21.7 Å². The van der Waals surface area contributed by atoms with E-state index in [-0.39, 0.29) is 33.9 Å². The first-order valence-corrected chi connectivity index (χ1v) is 10.5. The Morgan fingerprint density at radius 1 is 1.00 bits per heavy atom. The van der Waals surface area contributed by atoms with Crippen molar-refractivity contribution >= 4 is 21.6 Å². The van der Waals surface area contributed by atoms with Gasteiger partial charge in [-0.05, 0) is 36.4 Å². The van der Waals surface area contributed by atoms with Crippen molar-refractivity contribution in [3.63, 3.8) is 0 Å². The van der Waals surface area contributed by atoms with Crippen molar-refractivity contribution in [2.45, 2.75) is 11.4 Å². The summed E-state index contributed by atoms with van der Waals surface area (Å²) in [6, 6.07) is 9.52. The van der Waals surface area contributed by atoms with E-state index >= 15 is 0 Å². The number of benzene rings is 2. The van der Waals surface area contributed by atoms with Crippen LogP contribution < -0.4 is 14.2 Å². The fourth-order valence-electron chi connectivity index (χ4n) is 2.71. The molecule has 3 aromatic rings.